The van der Waals surface area contributed by atoms with Crippen molar-refractivity contribution in [1.82, 2.24) is 5.32 Å². The first-order valence-electron chi connectivity index (χ1n) is 4.64. The van der Waals surface area contributed by atoms with E-state index in [-0.39, 0.29) is 18.1 Å². The van der Waals surface area contributed by atoms with Crippen molar-refractivity contribution in [3.05, 3.63) is 0 Å². The Morgan fingerprint density at radius 2 is 1.85 bits per heavy atom. The van der Waals surface area contributed by atoms with Gasteiger partial charge < -0.3 is 10.4 Å². The van der Waals surface area contributed by atoms with E-state index in [1.54, 1.807) is 6.92 Å². The van der Waals surface area contributed by atoms with Gasteiger partial charge in [0.1, 0.15) is 9.84 Å². The fourth-order valence-electron chi connectivity index (χ4n) is 0.890. The molecule has 0 amide bonds. The Morgan fingerprint density at radius 1 is 1.23 bits per heavy atom. The minimum atomic E-state index is -2.80. The van der Waals surface area contributed by atoms with Gasteiger partial charge in [0, 0.05) is 12.4 Å². The highest BCUT2D eigenvalue weighted by Crippen LogP contribution is 1.91. The molecular formula is C8H19NO3S. The van der Waals surface area contributed by atoms with Crippen molar-refractivity contribution in [2.24, 2.45) is 0 Å². The zero-order valence-corrected chi connectivity index (χ0v) is 8.94. The van der Waals surface area contributed by atoms with E-state index >= 15 is 0 Å². The van der Waals surface area contributed by atoms with Gasteiger partial charge >= 0.3 is 0 Å². The molecule has 80 valence electrons. The summed E-state index contributed by atoms with van der Waals surface area (Å²) in [5.41, 5.74) is 0. The minimum Gasteiger partial charge on any atom is -0.396 e. The number of aliphatic hydroxyl groups is 1. The zero-order chi connectivity index (χ0) is 10.2. The molecular weight excluding hydrogens is 190 g/mol. The van der Waals surface area contributed by atoms with E-state index in [1.807, 2.05) is 0 Å². The van der Waals surface area contributed by atoms with Gasteiger partial charge in [-0.1, -0.05) is 6.92 Å². The van der Waals surface area contributed by atoms with Crippen LogP contribution in [-0.4, -0.2) is 44.7 Å². The second-order valence-electron chi connectivity index (χ2n) is 2.92. The largest absolute Gasteiger partial charge is 0.396 e. The average molecular weight is 209 g/mol. The van der Waals surface area contributed by atoms with Crippen LogP contribution in [-0.2, 0) is 9.84 Å². The Balaban J connectivity index is 3.26. The second-order valence-corrected chi connectivity index (χ2v) is 5.39. The number of rotatable bonds is 8. The van der Waals surface area contributed by atoms with Gasteiger partial charge in [0.15, 0.2) is 0 Å². The molecule has 0 aromatic heterocycles. The normalized spacial score (nSPS) is 11.8. The van der Waals surface area contributed by atoms with Crippen LogP contribution in [0.2, 0.25) is 0 Å². The van der Waals surface area contributed by atoms with Crippen molar-refractivity contribution in [3.63, 3.8) is 0 Å². The average Bonchev–Trinajstić information content (AvgIpc) is 2.11. The van der Waals surface area contributed by atoms with E-state index in [9.17, 15) is 8.42 Å². The van der Waals surface area contributed by atoms with E-state index in [4.69, 9.17) is 5.11 Å². The van der Waals surface area contributed by atoms with Crippen molar-refractivity contribution in [2.45, 2.75) is 19.8 Å². The molecule has 0 aliphatic heterocycles. The maximum Gasteiger partial charge on any atom is 0.150 e. The monoisotopic (exact) mass is 209 g/mol. The van der Waals surface area contributed by atoms with E-state index < -0.39 is 9.84 Å². The van der Waals surface area contributed by atoms with Crippen LogP contribution in [0.25, 0.3) is 0 Å². The van der Waals surface area contributed by atoms with Gasteiger partial charge in [-0.05, 0) is 25.9 Å². The maximum atomic E-state index is 11.0. The summed E-state index contributed by atoms with van der Waals surface area (Å²) in [4.78, 5) is 0. The van der Waals surface area contributed by atoms with Crippen molar-refractivity contribution in [1.29, 1.82) is 0 Å². The van der Waals surface area contributed by atoms with Crippen LogP contribution >= 0.6 is 0 Å². The number of sulfone groups is 1. The lowest BCUT2D eigenvalue weighted by molar-refractivity contribution is 0.286. The van der Waals surface area contributed by atoms with Crippen LogP contribution in [0.3, 0.4) is 0 Å². The van der Waals surface area contributed by atoms with Gasteiger partial charge in [-0.25, -0.2) is 8.42 Å². The Labute approximate surface area is 80.3 Å². The Hall–Kier alpha value is -0.130. The molecule has 4 nitrogen and oxygen atoms in total. The van der Waals surface area contributed by atoms with E-state index in [0.717, 1.165) is 13.0 Å². The summed E-state index contributed by atoms with van der Waals surface area (Å²) in [7, 11) is -2.80. The van der Waals surface area contributed by atoms with E-state index in [1.165, 1.54) is 0 Å². The Bertz CT molecular complexity index is 201. The van der Waals surface area contributed by atoms with Gasteiger partial charge in [-0.2, -0.15) is 0 Å². The summed E-state index contributed by atoms with van der Waals surface area (Å²) < 4.78 is 22.0. The minimum absolute atomic E-state index is 0.181. The molecule has 0 atom stereocenters. The van der Waals surface area contributed by atoms with Crippen molar-refractivity contribution in [3.8, 4) is 0 Å². The molecule has 0 bridgehead atoms. The summed E-state index contributed by atoms with van der Waals surface area (Å²) in [6.07, 6.45) is 1.38. The third-order valence-corrected chi connectivity index (χ3v) is 3.55. The number of hydrogen-bond acceptors (Lipinski definition) is 4. The molecule has 0 aliphatic carbocycles. The molecule has 0 aromatic carbocycles. The highest BCUT2D eigenvalue weighted by atomic mass is 32.2. The predicted molar refractivity (Wildman–Crippen MR) is 53.5 cm³/mol. The topological polar surface area (TPSA) is 66.4 Å². The van der Waals surface area contributed by atoms with Crippen molar-refractivity contribution in [2.75, 3.05) is 31.2 Å². The van der Waals surface area contributed by atoms with E-state index in [0.29, 0.717) is 13.0 Å². The molecule has 2 N–H and O–H groups in total. The summed E-state index contributed by atoms with van der Waals surface area (Å²) >= 11 is 0. The molecule has 0 saturated heterocycles. The van der Waals surface area contributed by atoms with E-state index in [2.05, 4.69) is 5.32 Å². The van der Waals surface area contributed by atoms with Crippen molar-refractivity contribution >= 4 is 9.84 Å². The highest BCUT2D eigenvalue weighted by molar-refractivity contribution is 7.91. The SMILES string of the molecule is CCS(=O)(=O)CCCNCCCO. The van der Waals surface area contributed by atoms with Gasteiger partial charge in [0.2, 0.25) is 0 Å². The number of hydrogen-bond donors (Lipinski definition) is 2. The maximum absolute atomic E-state index is 11.0. The quantitative estimate of drug-likeness (QED) is 0.543. The fraction of sp³-hybridized carbons (Fsp3) is 1.00. The Morgan fingerprint density at radius 3 is 2.38 bits per heavy atom. The molecule has 0 radical (unpaired) electrons. The predicted octanol–water partition coefficient (Wildman–Crippen LogP) is -0.217. The summed E-state index contributed by atoms with van der Waals surface area (Å²) in [5.74, 6) is 0.485. The van der Waals surface area contributed by atoms with Crippen LogP contribution in [0.1, 0.15) is 19.8 Å². The lowest BCUT2D eigenvalue weighted by Crippen LogP contribution is -2.20. The second kappa shape index (κ2) is 7.29. The number of nitrogens with one attached hydrogen (secondary N) is 1. The van der Waals surface area contributed by atoms with Crippen LogP contribution < -0.4 is 5.32 Å². The van der Waals surface area contributed by atoms with Crippen LogP contribution in [0.15, 0.2) is 0 Å². The lowest BCUT2D eigenvalue weighted by atomic mass is 10.4. The third-order valence-electron chi connectivity index (χ3n) is 1.76. The molecule has 13 heavy (non-hydrogen) atoms. The smallest absolute Gasteiger partial charge is 0.150 e. The van der Waals surface area contributed by atoms with Crippen LogP contribution in [0, 0.1) is 0 Å². The zero-order valence-electron chi connectivity index (χ0n) is 8.12. The molecule has 0 aliphatic rings. The summed E-state index contributed by atoms with van der Waals surface area (Å²) in [6, 6.07) is 0. The molecule has 5 heteroatoms. The molecule has 0 unspecified atom stereocenters. The number of aliphatic hydroxyl groups excluding tert-OH is 1. The molecule has 0 heterocycles. The standard InChI is InChI=1S/C8H19NO3S/c1-2-13(11,12)8-4-6-9-5-3-7-10/h9-10H,2-8H2,1H3. The first kappa shape index (κ1) is 12.9. The van der Waals surface area contributed by atoms with Gasteiger partial charge in [0.05, 0.1) is 5.75 Å². The van der Waals surface area contributed by atoms with Gasteiger partial charge in [0.25, 0.3) is 0 Å². The highest BCUT2D eigenvalue weighted by Gasteiger charge is 2.05. The molecule has 0 fully saturated rings. The molecule has 0 aromatic rings. The fourth-order valence-corrected chi connectivity index (χ4v) is 1.76. The first-order valence-corrected chi connectivity index (χ1v) is 6.46. The summed E-state index contributed by atoms with van der Waals surface area (Å²) in [6.45, 7) is 3.30. The van der Waals surface area contributed by atoms with Crippen molar-refractivity contribution < 1.29 is 13.5 Å². The van der Waals surface area contributed by atoms with Crippen LogP contribution in [0.4, 0.5) is 0 Å². The Kier molecular flexibility index (Phi) is 7.22. The molecule has 0 saturated carbocycles. The van der Waals surface area contributed by atoms with Gasteiger partial charge in [-0.15, -0.1) is 0 Å². The molecule has 0 spiro atoms. The lowest BCUT2D eigenvalue weighted by Gasteiger charge is -2.03. The van der Waals surface area contributed by atoms with Crippen LogP contribution in [0.5, 0.6) is 0 Å². The summed E-state index contributed by atoms with van der Waals surface area (Å²) in [5, 5.41) is 11.5. The molecule has 0 rings (SSSR count). The third kappa shape index (κ3) is 8.21. The first-order chi connectivity index (χ1) is 6.12. The van der Waals surface area contributed by atoms with Gasteiger partial charge in [-0.3, -0.25) is 0 Å².